The Hall–Kier alpha value is -0.610. The lowest BCUT2D eigenvalue weighted by atomic mass is 9.93. The summed E-state index contributed by atoms with van der Waals surface area (Å²) in [6.07, 6.45) is 3.76. The third kappa shape index (κ3) is 4.28. The highest BCUT2D eigenvalue weighted by Gasteiger charge is 2.27. The molecule has 0 aliphatic carbocycles. The Morgan fingerprint density at radius 3 is 2.82 bits per heavy atom. The molecule has 4 heteroatoms. The number of hydrogen-bond donors (Lipinski definition) is 1. The van der Waals surface area contributed by atoms with Crippen LogP contribution in [0.4, 0.5) is 0 Å². The van der Waals surface area contributed by atoms with Crippen molar-refractivity contribution in [2.75, 3.05) is 20.2 Å². The van der Waals surface area contributed by atoms with Crippen molar-refractivity contribution >= 4 is 5.91 Å². The number of amides is 1. The Kier molecular flexibility index (Phi) is 5.92. The third-order valence-corrected chi connectivity index (χ3v) is 3.80. The lowest BCUT2D eigenvalue weighted by Gasteiger charge is -2.38. The van der Waals surface area contributed by atoms with Crippen LogP contribution in [0.5, 0.6) is 0 Å². The maximum Gasteiger partial charge on any atom is 0.222 e. The van der Waals surface area contributed by atoms with Gasteiger partial charge in [0.25, 0.3) is 0 Å². The number of methoxy groups -OCH3 is 1. The molecule has 0 aromatic carbocycles. The molecule has 4 nitrogen and oxygen atoms in total. The fourth-order valence-corrected chi connectivity index (χ4v) is 2.31. The molecule has 0 radical (unpaired) electrons. The summed E-state index contributed by atoms with van der Waals surface area (Å²) in [6, 6.07) is 0.364. The first-order valence-electron chi connectivity index (χ1n) is 6.60. The average Bonchev–Trinajstić information content (AvgIpc) is 2.36. The highest BCUT2D eigenvalue weighted by molar-refractivity contribution is 5.76. The number of hydrogen-bond acceptors (Lipinski definition) is 3. The first-order valence-corrected chi connectivity index (χ1v) is 6.60. The molecule has 2 N–H and O–H groups in total. The number of ether oxygens (including phenoxy) is 1. The van der Waals surface area contributed by atoms with Crippen molar-refractivity contribution in [3.63, 3.8) is 0 Å². The second-order valence-electron chi connectivity index (χ2n) is 5.16. The Balaban J connectivity index is 2.43. The molecule has 1 fully saturated rings. The summed E-state index contributed by atoms with van der Waals surface area (Å²) in [4.78, 5) is 14.1. The Morgan fingerprint density at radius 2 is 2.24 bits per heavy atom. The standard InChI is InChI=1S/C13H26N2O2/c1-10-4-6-12(8-14)9-15(10)13(16)7-5-11(2)17-3/h10-12H,4-9,14H2,1-3H3. The average molecular weight is 242 g/mol. The minimum Gasteiger partial charge on any atom is -0.382 e. The van der Waals surface area contributed by atoms with Gasteiger partial charge in [0, 0.05) is 26.1 Å². The van der Waals surface area contributed by atoms with Gasteiger partial charge in [0.2, 0.25) is 5.91 Å². The second-order valence-corrected chi connectivity index (χ2v) is 5.16. The Bertz CT molecular complexity index is 246. The van der Waals surface area contributed by atoms with E-state index in [1.807, 2.05) is 11.8 Å². The van der Waals surface area contributed by atoms with Crippen LogP contribution >= 0.6 is 0 Å². The van der Waals surface area contributed by atoms with Gasteiger partial charge >= 0.3 is 0 Å². The molecular weight excluding hydrogens is 216 g/mol. The van der Waals surface area contributed by atoms with Gasteiger partial charge < -0.3 is 15.4 Å². The zero-order valence-corrected chi connectivity index (χ0v) is 11.3. The topological polar surface area (TPSA) is 55.6 Å². The maximum atomic E-state index is 12.1. The lowest BCUT2D eigenvalue weighted by Crippen LogP contribution is -2.47. The molecule has 100 valence electrons. The summed E-state index contributed by atoms with van der Waals surface area (Å²) < 4.78 is 5.17. The van der Waals surface area contributed by atoms with Gasteiger partial charge in [-0.3, -0.25) is 4.79 Å². The first kappa shape index (κ1) is 14.5. The van der Waals surface area contributed by atoms with Gasteiger partial charge in [-0.15, -0.1) is 0 Å². The van der Waals surface area contributed by atoms with Crippen molar-refractivity contribution in [1.82, 2.24) is 4.90 Å². The molecule has 0 aromatic heterocycles. The normalized spacial score (nSPS) is 26.9. The molecule has 1 amide bonds. The van der Waals surface area contributed by atoms with E-state index in [-0.39, 0.29) is 12.0 Å². The van der Waals surface area contributed by atoms with E-state index in [1.54, 1.807) is 7.11 Å². The number of rotatable bonds is 5. The molecule has 1 saturated heterocycles. The highest BCUT2D eigenvalue weighted by atomic mass is 16.5. The van der Waals surface area contributed by atoms with Crippen LogP contribution in [-0.2, 0) is 9.53 Å². The summed E-state index contributed by atoms with van der Waals surface area (Å²) in [5.74, 6) is 0.731. The van der Waals surface area contributed by atoms with Crippen molar-refractivity contribution in [1.29, 1.82) is 0 Å². The van der Waals surface area contributed by atoms with Crippen LogP contribution in [0.3, 0.4) is 0 Å². The van der Waals surface area contributed by atoms with Gasteiger partial charge in [-0.1, -0.05) is 0 Å². The quantitative estimate of drug-likeness (QED) is 0.792. The summed E-state index contributed by atoms with van der Waals surface area (Å²) in [6.45, 7) is 5.64. The van der Waals surface area contributed by atoms with Crippen molar-refractivity contribution < 1.29 is 9.53 Å². The van der Waals surface area contributed by atoms with E-state index >= 15 is 0 Å². The van der Waals surface area contributed by atoms with Crippen LogP contribution in [0.15, 0.2) is 0 Å². The monoisotopic (exact) mass is 242 g/mol. The van der Waals surface area contributed by atoms with Crippen molar-refractivity contribution in [3.8, 4) is 0 Å². The van der Waals surface area contributed by atoms with Crippen LogP contribution in [0.1, 0.15) is 39.5 Å². The highest BCUT2D eigenvalue weighted by Crippen LogP contribution is 2.22. The predicted molar refractivity (Wildman–Crippen MR) is 68.7 cm³/mol. The van der Waals surface area contributed by atoms with Crippen molar-refractivity contribution in [2.45, 2.75) is 51.7 Å². The smallest absolute Gasteiger partial charge is 0.222 e. The van der Waals surface area contributed by atoms with E-state index in [1.165, 1.54) is 0 Å². The molecule has 1 heterocycles. The van der Waals surface area contributed by atoms with Crippen molar-refractivity contribution in [3.05, 3.63) is 0 Å². The van der Waals surface area contributed by atoms with E-state index in [4.69, 9.17) is 10.5 Å². The molecule has 1 aliphatic rings. The SMILES string of the molecule is COC(C)CCC(=O)N1CC(CN)CCC1C. The molecule has 0 bridgehead atoms. The second kappa shape index (κ2) is 6.97. The summed E-state index contributed by atoms with van der Waals surface area (Å²) in [5, 5.41) is 0. The predicted octanol–water partition coefficient (Wildman–Crippen LogP) is 1.39. The van der Waals surface area contributed by atoms with Crippen LogP contribution in [0.25, 0.3) is 0 Å². The van der Waals surface area contributed by atoms with Crippen LogP contribution < -0.4 is 5.73 Å². The molecular formula is C13H26N2O2. The molecule has 1 aliphatic heterocycles. The first-order chi connectivity index (χ1) is 8.08. The van der Waals surface area contributed by atoms with E-state index in [9.17, 15) is 4.79 Å². The van der Waals surface area contributed by atoms with Gasteiger partial charge in [-0.25, -0.2) is 0 Å². The lowest BCUT2D eigenvalue weighted by molar-refractivity contribution is -0.136. The Labute approximate surface area is 104 Å². The van der Waals surface area contributed by atoms with Gasteiger partial charge in [-0.05, 0) is 45.6 Å². The minimum absolute atomic E-state index is 0.157. The maximum absolute atomic E-state index is 12.1. The zero-order valence-electron chi connectivity index (χ0n) is 11.3. The van der Waals surface area contributed by atoms with Crippen LogP contribution in [-0.4, -0.2) is 43.2 Å². The Morgan fingerprint density at radius 1 is 1.53 bits per heavy atom. The number of nitrogens with zero attached hydrogens (tertiary/aromatic N) is 1. The number of carbonyl (C=O) groups is 1. The summed E-state index contributed by atoms with van der Waals surface area (Å²) in [5.41, 5.74) is 5.70. The number of nitrogens with two attached hydrogens (primary N) is 1. The van der Waals surface area contributed by atoms with E-state index < -0.39 is 0 Å². The van der Waals surface area contributed by atoms with Gasteiger partial charge in [-0.2, -0.15) is 0 Å². The fraction of sp³-hybridized carbons (Fsp3) is 0.923. The van der Waals surface area contributed by atoms with Gasteiger partial charge in [0.05, 0.1) is 6.10 Å². The van der Waals surface area contributed by atoms with Gasteiger partial charge in [0.15, 0.2) is 0 Å². The van der Waals surface area contributed by atoms with E-state index in [0.717, 1.165) is 25.8 Å². The van der Waals surface area contributed by atoms with E-state index in [2.05, 4.69) is 6.92 Å². The minimum atomic E-state index is 0.157. The van der Waals surface area contributed by atoms with Gasteiger partial charge in [0.1, 0.15) is 0 Å². The molecule has 3 atom stereocenters. The zero-order chi connectivity index (χ0) is 12.8. The molecule has 0 aromatic rings. The summed E-state index contributed by atoms with van der Waals surface area (Å²) in [7, 11) is 1.68. The molecule has 3 unspecified atom stereocenters. The van der Waals surface area contributed by atoms with Crippen molar-refractivity contribution in [2.24, 2.45) is 11.7 Å². The number of likely N-dealkylation sites (tertiary alicyclic amines) is 1. The third-order valence-electron chi connectivity index (χ3n) is 3.80. The van der Waals surface area contributed by atoms with Crippen LogP contribution in [0, 0.1) is 5.92 Å². The molecule has 1 rings (SSSR count). The largest absolute Gasteiger partial charge is 0.382 e. The summed E-state index contributed by atoms with van der Waals surface area (Å²) >= 11 is 0. The van der Waals surface area contributed by atoms with Crippen LogP contribution in [0.2, 0.25) is 0 Å². The fourth-order valence-electron chi connectivity index (χ4n) is 2.31. The van der Waals surface area contributed by atoms with E-state index in [0.29, 0.717) is 24.9 Å². The molecule has 0 saturated carbocycles. The number of carbonyl (C=O) groups excluding carboxylic acids is 1. The molecule has 17 heavy (non-hydrogen) atoms. The molecule has 0 spiro atoms. The number of piperidine rings is 1.